The molecule has 0 aromatic carbocycles. The van der Waals surface area contributed by atoms with Gasteiger partial charge in [-0.3, -0.25) is 5.32 Å². The Morgan fingerprint density at radius 1 is 1.53 bits per heavy atom. The van der Waals surface area contributed by atoms with Crippen LogP contribution in [-0.2, 0) is 0 Å². The van der Waals surface area contributed by atoms with Gasteiger partial charge in [0.15, 0.2) is 0 Å². The number of aromatic amines is 1. The van der Waals surface area contributed by atoms with Crippen molar-refractivity contribution in [2.75, 3.05) is 5.32 Å². The quantitative estimate of drug-likeness (QED) is 0.667. The molecular formula is C12H8ClN3O2S. The minimum atomic E-state index is -1.08. The maximum atomic E-state index is 10.6. The molecule has 0 saturated heterocycles. The Bertz CT molecular complexity index is 765. The lowest BCUT2D eigenvalue weighted by molar-refractivity contribution is 0.210. The zero-order valence-corrected chi connectivity index (χ0v) is 11.0. The number of fused-ring (bicyclic) bond motifs is 1. The van der Waals surface area contributed by atoms with Gasteiger partial charge in [0.25, 0.3) is 0 Å². The van der Waals surface area contributed by atoms with Crippen LogP contribution >= 0.6 is 22.9 Å². The number of hydrogen-bond donors (Lipinski definition) is 3. The minimum absolute atomic E-state index is 0.494. The highest BCUT2D eigenvalue weighted by Crippen LogP contribution is 2.38. The molecule has 5 nitrogen and oxygen atoms in total. The Balaban J connectivity index is 2.11. The molecule has 0 unspecified atom stereocenters. The summed E-state index contributed by atoms with van der Waals surface area (Å²) in [6, 6.07) is 5.50. The van der Waals surface area contributed by atoms with Gasteiger partial charge in [-0.15, -0.1) is 11.3 Å². The molecule has 3 aromatic heterocycles. The number of nitrogens with zero attached hydrogens (tertiary/aromatic N) is 1. The van der Waals surface area contributed by atoms with E-state index < -0.39 is 6.09 Å². The Morgan fingerprint density at radius 2 is 2.37 bits per heavy atom. The second kappa shape index (κ2) is 4.56. The average molecular weight is 294 g/mol. The second-order valence-corrected chi connectivity index (χ2v) is 5.13. The van der Waals surface area contributed by atoms with Crippen molar-refractivity contribution >= 4 is 45.1 Å². The number of amides is 1. The smallest absolute Gasteiger partial charge is 0.409 e. The third-order valence-electron chi connectivity index (χ3n) is 2.64. The maximum Gasteiger partial charge on any atom is 0.409 e. The van der Waals surface area contributed by atoms with Crippen LogP contribution in [0, 0.1) is 0 Å². The Kier molecular flexibility index (Phi) is 2.88. The van der Waals surface area contributed by atoms with Crippen LogP contribution in [0.3, 0.4) is 0 Å². The highest BCUT2D eigenvalue weighted by Gasteiger charge is 2.14. The fourth-order valence-electron chi connectivity index (χ4n) is 1.91. The Morgan fingerprint density at radius 3 is 3.16 bits per heavy atom. The van der Waals surface area contributed by atoms with Crippen LogP contribution in [0.15, 0.2) is 29.8 Å². The van der Waals surface area contributed by atoms with Crippen molar-refractivity contribution in [3.05, 3.63) is 34.9 Å². The van der Waals surface area contributed by atoms with Gasteiger partial charge in [0.05, 0.1) is 5.00 Å². The zero-order chi connectivity index (χ0) is 13.4. The number of pyridine rings is 1. The molecule has 3 heterocycles. The molecule has 0 aliphatic carbocycles. The molecule has 0 bridgehead atoms. The van der Waals surface area contributed by atoms with E-state index in [4.69, 9.17) is 16.7 Å². The number of carbonyl (C=O) groups is 1. The van der Waals surface area contributed by atoms with Crippen molar-refractivity contribution < 1.29 is 9.90 Å². The zero-order valence-electron chi connectivity index (χ0n) is 9.48. The van der Waals surface area contributed by atoms with E-state index in [1.54, 1.807) is 12.3 Å². The lowest BCUT2D eigenvalue weighted by Crippen LogP contribution is -2.05. The van der Waals surface area contributed by atoms with Crippen LogP contribution in [0.4, 0.5) is 9.80 Å². The fraction of sp³-hybridized carbons (Fsp3) is 0. The number of hydrogen-bond acceptors (Lipinski definition) is 3. The van der Waals surface area contributed by atoms with Crippen LogP contribution in [0.1, 0.15) is 0 Å². The summed E-state index contributed by atoms with van der Waals surface area (Å²) < 4.78 is 0. The number of halogens is 1. The summed E-state index contributed by atoms with van der Waals surface area (Å²) >= 11 is 7.50. The molecule has 3 N–H and O–H groups in total. The van der Waals surface area contributed by atoms with Crippen LogP contribution in [-0.4, -0.2) is 21.2 Å². The summed E-state index contributed by atoms with van der Waals surface area (Å²) in [4.78, 5) is 17.8. The average Bonchev–Trinajstić information content (AvgIpc) is 2.91. The molecule has 0 spiro atoms. The van der Waals surface area contributed by atoms with Crippen molar-refractivity contribution in [2.24, 2.45) is 0 Å². The highest BCUT2D eigenvalue weighted by molar-refractivity contribution is 7.14. The van der Waals surface area contributed by atoms with E-state index in [0.717, 1.165) is 16.5 Å². The number of nitrogens with one attached hydrogen (secondary N) is 2. The van der Waals surface area contributed by atoms with E-state index in [2.05, 4.69) is 15.3 Å². The van der Waals surface area contributed by atoms with Crippen molar-refractivity contribution in [1.82, 2.24) is 9.97 Å². The van der Waals surface area contributed by atoms with Gasteiger partial charge in [-0.2, -0.15) is 0 Å². The predicted octanol–water partition coefficient (Wildman–Crippen LogP) is 4.03. The van der Waals surface area contributed by atoms with Crippen LogP contribution < -0.4 is 5.32 Å². The topological polar surface area (TPSA) is 78.0 Å². The van der Waals surface area contributed by atoms with E-state index in [1.165, 1.54) is 11.3 Å². The molecule has 3 aromatic rings. The van der Waals surface area contributed by atoms with Gasteiger partial charge < -0.3 is 10.1 Å². The summed E-state index contributed by atoms with van der Waals surface area (Å²) in [5.74, 6) is 0. The Hall–Kier alpha value is -2.05. The highest BCUT2D eigenvalue weighted by atomic mass is 35.5. The van der Waals surface area contributed by atoms with Gasteiger partial charge in [0.1, 0.15) is 10.8 Å². The first kappa shape index (κ1) is 12.0. The molecule has 7 heteroatoms. The van der Waals surface area contributed by atoms with Gasteiger partial charge in [-0.25, -0.2) is 9.78 Å². The summed E-state index contributed by atoms with van der Waals surface area (Å²) in [5, 5.41) is 14.8. The van der Waals surface area contributed by atoms with E-state index in [9.17, 15) is 4.79 Å². The number of thiophene rings is 1. The lowest BCUT2D eigenvalue weighted by Gasteiger charge is -1.96. The van der Waals surface area contributed by atoms with Gasteiger partial charge in [-0.05, 0) is 23.8 Å². The van der Waals surface area contributed by atoms with Crippen molar-refractivity contribution in [3.63, 3.8) is 0 Å². The predicted molar refractivity (Wildman–Crippen MR) is 76.1 cm³/mol. The second-order valence-electron chi connectivity index (χ2n) is 3.84. The molecule has 0 aliphatic heterocycles. The number of anilines is 1. The minimum Gasteiger partial charge on any atom is -0.465 e. The summed E-state index contributed by atoms with van der Waals surface area (Å²) in [6.45, 7) is 0. The van der Waals surface area contributed by atoms with Crippen molar-refractivity contribution in [3.8, 4) is 11.1 Å². The van der Waals surface area contributed by atoms with E-state index >= 15 is 0 Å². The Labute approximate surface area is 116 Å². The molecule has 3 rings (SSSR count). The summed E-state index contributed by atoms with van der Waals surface area (Å²) in [5.41, 5.74) is 2.40. The van der Waals surface area contributed by atoms with Gasteiger partial charge in [-0.1, -0.05) is 11.6 Å². The SMILES string of the molecule is O=C(O)Nc1cc(-c2c(Cl)[nH]c3ncccc23)cs1. The number of carboxylic acid groups (broad SMARTS) is 1. The number of aromatic nitrogens is 2. The van der Waals surface area contributed by atoms with Gasteiger partial charge in [0, 0.05) is 22.5 Å². The molecule has 19 heavy (non-hydrogen) atoms. The molecular weight excluding hydrogens is 286 g/mol. The van der Waals surface area contributed by atoms with E-state index in [1.807, 2.05) is 17.5 Å². The summed E-state index contributed by atoms with van der Waals surface area (Å²) in [6.07, 6.45) is 0.601. The number of H-pyrrole nitrogens is 1. The number of rotatable bonds is 2. The first-order chi connectivity index (χ1) is 9.15. The summed E-state index contributed by atoms with van der Waals surface area (Å²) in [7, 11) is 0. The first-order valence-corrected chi connectivity index (χ1v) is 6.62. The standard InChI is InChI=1S/C12H8ClN3O2S/c13-10-9(7-2-1-3-14-11(7)16-10)6-4-8(19-5-6)15-12(17)18/h1-5,15H,(H,14,16)(H,17,18). The van der Waals surface area contributed by atoms with Crippen LogP contribution in [0.2, 0.25) is 5.15 Å². The third-order valence-corrected chi connectivity index (χ3v) is 3.77. The van der Waals surface area contributed by atoms with Crippen molar-refractivity contribution in [1.29, 1.82) is 0 Å². The van der Waals surface area contributed by atoms with E-state index in [0.29, 0.717) is 15.8 Å². The normalized spacial score (nSPS) is 10.8. The third kappa shape index (κ3) is 2.16. The molecule has 0 saturated carbocycles. The lowest BCUT2D eigenvalue weighted by atomic mass is 10.1. The molecule has 0 fully saturated rings. The first-order valence-electron chi connectivity index (χ1n) is 5.36. The molecule has 0 aliphatic rings. The maximum absolute atomic E-state index is 10.6. The van der Waals surface area contributed by atoms with Gasteiger partial charge in [0.2, 0.25) is 0 Å². The molecule has 1 amide bonds. The molecule has 96 valence electrons. The monoisotopic (exact) mass is 293 g/mol. The van der Waals surface area contributed by atoms with Crippen LogP contribution in [0.5, 0.6) is 0 Å². The van der Waals surface area contributed by atoms with E-state index in [-0.39, 0.29) is 0 Å². The fourth-order valence-corrected chi connectivity index (χ4v) is 2.99. The molecule has 0 radical (unpaired) electrons. The molecule has 0 atom stereocenters. The largest absolute Gasteiger partial charge is 0.465 e. The van der Waals surface area contributed by atoms with Gasteiger partial charge >= 0.3 is 6.09 Å². The van der Waals surface area contributed by atoms with Crippen molar-refractivity contribution in [2.45, 2.75) is 0 Å². The van der Waals surface area contributed by atoms with Crippen LogP contribution in [0.25, 0.3) is 22.2 Å².